The van der Waals surface area contributed by atoms with E-state index in [-0.39, 0.29) is 5.88 Å². The summed E-state index contributed by atoms with van der Waals surface area (Å²) in [5.41, 5.74) is 1.71. The van der Waals surface area contributed by atoms with Gasteiger partial charge in [0.15, 0.2) is 5.69 Å². The van der Waals surface area contributed by atoms with Gasteiger partial charge in [-0.3, -0.25) is 4.79 Å². The van der Waals surface area contributed by atoms with Gasteiger partial charge in [-0.05, 0) is 24.6 Å². The second-order valence-electron chi connectivity index (χ2n) is 5.92. The van der Waals surface area contributed by atoms with E-state index < -0.39 is 5.91 Å². The summed E-state index contributed by atoms with van der Waals surface area (Å²) in [6.07, 6.45) is 3.18. The Labute approximate surface area is 146 Å². The lowest BCUT2D eigenvalue weighted by molar-refractivity contribution is 0.0995. The summed E-state index contributed by atoms with van der Waals surface area (Å²) in [7, 11) is 0. The summed E-state index contributed by atoms with van der Waals surface area (Å²) in [4.78, 5) is 12.1. The summed E-state index contributed by atoms with van der Waals surface area (Å²) >= 11 is 0. The molecule has 2 aromatic carbocycles. The number of rotatable bonds is 6. The number of hydrogen-bond acceptors (Lipinski definition) is 3. The van der Waals surface area contributed by atoms with Crippen molar-refractivity contribution in [1.29, 1.82) is 0 Å². The van der Waals surface area contributed by atoms with Crippen molar-refractivity contribution in [2.45, 2.75) is 32.7 Å². The highest BCUT2D eigenvalue weighted by molar-refractivity contribution is 5.97. The molecule has 0 saturated heterocycles. The SMILES string of the molecule is CCCCCn1c(O)c(N=NC(=O)c2ccccc2)c2ccccc21. The van der Waals surface area contributed by atoms with Crippen molar-refractivity contribution in [1.82, 2.24) is 4.57 Å². The summed E-state index contributed by atoms with van der Waals surface area (Å²) in [6, 6.07) is 16.4. The van der Waals surface area contributed by atoms with Crippen LogP contribution < -0.4 is 0 Å². The molecule has 1 N–H and O–H groups in total. The molecule has 3 aromatic rings. The number of benzene rings is 2. The lowest BCUT2D eigenvalue weighted by Crippen LogP contribution is -1.96. The number of amides is 1. The summed E-state index contributed by atoms with van der Waals surface area (Å²) in [5, 5.41) is 19.2. The maximum absolute atomic E-state index is 12.1. The van der Waals surface area contributed by atoms with Gasteiger partial charge in [-0.2, -0.15) is 0 Å². The van der Waals surface area contributed by atoms with E-state index in [9.17, 15) is 9.90 Å². The molecule has 1 amide bonds. The molecule has 0 unspecified atom stereocenters. The molecule has 5 nitrogen and oxygen atoms in total. The standard InChI is InChI=1S/C20H21N3O2/c1-2-3-9-14-23-17-13-8-7-12-16(17)18(20(23)25)21-22-19(24)15-10-5-4-6-11-15/h4-8,10-13,25H,2-3,9,14H2,1H3. The number of carbonyl (C=O) groups is 1. The van der Waals surface area contributed by atoms with Crippen molar-refractivity contribution >= 4 is 22.5 Å². The van der Waals surface area contributed by atoms with Crippen LogP contribution >= 0.6 is 0 Å². The zero-order chi connectivity index (χ0) is 17.6. The van der Waals surface area contributed by atoms with E-state index in [0.717, 1.165) is 30.2 Å². The monoisotopic (exact) mass is 335 g/mol. The number of fused-ring (bicyclic) bond motifs is 1. The van der Waals surface area contributed by atoms with Crippen LogP contribution in [0.1, 0.15) is 36.5 Å². The second kappa shape index (κ2) is 7.75. The van der Waals surface area contributed by atoms with E-state index in [2.05, 4.69) is 17.2 Å². The number of aromatic hydroxyl groups is 1. The fraction of sp³-hybridized carbons (Fsp3) is 0.250. The molecule has 0 bridgehead atoms. The van der Waals surface area contributed by atoms with Gasteiger partial charge in [0.25, 0.3) is 5.91 Å². The molecule has 0 fully saturated rings. The Bertz CT molecular complexity index is 898. The second-order valence-corrected chi connectivity index (χ2v) is 5.92. The van der Waals surface area contributed by atoms with Crippen LogP contribution in [0.3, 0.4) is 0 Å². The maximum atomic E-state index is 12.1. The highest BCUT2D eigenvalue weighted by Gasteiger charge is 2.16. The Balaban J connectivity index is 1.94. The van der Waals surface area contributed by atoms with Crippen LogP contribution in [0.25, 0.3) is 10.9 Å². The third-order valence-corrected chi connectivity index (χ3v) is 4.16. The van der Waals surface area contributed by atoms with Gasteiger partial charge >= 0.3 is 0 Å². The van der Waals surface area contributed by atoms with Crippen molar-refractivity contribution < 1.29 is 9.90 Å². The summed E-state index contributed by atoms with van der Waals surface area (Å²) in [6.45, 7) is 2.85. The van der Waals surface area contributed by atoms with Gasteiger partial charge < -0.3 is 9.67 Å². The van der Waals surface area contributed by atoms with E-state index in [0.29, 0.717) is 17.8 Å². The van der Waals surface area contributed by atoms with Crippen molar-refractivity contribution in [3.63, 3.8) is 0 Å². The highest BCUT2D eigenvalue weighted by Crippen LogP contribution is 2.39. The molecule has 0 saturated carbocycles. The lowest BCUT2D eigenvalue weighted by Gasteiger charge is -2.05. The predicted octanol–water partition coefficient (Wildman–Crippen LogP) is 5.46. The quantitative estimate of drug-likeness (QED) is 0.480. The van der Waals surface area contributed by atoms with Crippen LogP contribution in [-0.2, 0) is 6.54 Å². The van der Waals surface area contributed by atoms with Gasteiger partial charge in [0.05, 0.1) is 5.52 Å². The third kappa shape index (κ3) is 3.60. The highest BCUT2D eigenvalue weighted by atomic mass is 16.3. The van der Waals surface area contributed by atoms with Crippen LogP contribution in [-0.4, -0.2) is 15.6 Å². The lowest BCUT2D eigenvalue weighted by atomic mass is 10.2. The Hall–Kier alpha value is -2.95. The molecular formula is C20H21N3O2. The van der Waals surface area contributed by atoms with Crippen molar-refractivity contribution in [3.05, 3.63) is 60.2 Å². The van der Waals surface area contributed by atoms with E-state index in [1.807, 2.05) is 34.9 Å². The Morgan fingerprint density at radius 3 is 2.52 bits per heavy atom. The zero-order valence-electron chi connectivity index (χ0n) is 14.2. The predicted molar refractivity (Wildman–Crippen MR) is 98.4 cm³/mol. The molecule has 128 valence electrons. The number of aryl methyl sites for hydroxylation is 1. The minimum absolute atomic E-state index is 0.0573. The molecule has 25 heavy (non-hydrogen) atoms. The van der Waals surface area contributed by atoms with E-state index in [1.165, 1.54) is 0 Å². The number of nitrogens with zero attached hydrogens (tertiary/aromatic N) is 3. The molecule has 0 radical (unpaired) electrons. The molecule has 0 aliphatic rings. The average Bonchev–Trinajstić information content (AvgIpc) is 2.92. The first-order valence-electron chi connectivity index (χ1n) is 8.53. The average molecular weight is 335 g/mol. The number of unbranched alkanes of at least 4 members (excludes halogenated alkanes) is 2. The van der Waals surface area contributed by atoms with Crippen LogP contribution in [0.5, 0.6) is 5.88 Å². The molecular weight excluding hydrogens is 314 g/mol. The Kier molecular flexibility index (Phi) is 5.23. The fourth-order valence-electron chi connectivity index (χ4n) is 2.85. The van der Waals surface area contributed by atoms with Gasteiger partial charge in [0.2, 0.25) is 5.88 Å². The molecule has 3 rings (SSSR count). The Morgan fingerprint density at radius 2 is 1.76 bits per heavy atom. The molecule has 0 aliphatic heterocycles. The summed E-state index contributed by atoms with van der Waals surface area (Å²) < 4.78 is 1.84. The molecule has 0 aliphatic carbocycles. The van der Waals surface area contributed by atoms with Gasteiger partial charge in [-0.1, -0.05) is 56.2 Å². The molecule has 5 heteroatoms. The minimum Gasteiger partial charge on any atom is -0.493 e. The van der Waals surface area contributed by atoms with Crippen LogP contribution in [0.2, 0.25) is 0 Å². The first-order chi connectivity index (χ1) is 12.2. The molecule has 0 spiro atoms. The van der Waals surface area contributed by atoms with Crippen molar-refractivity contribution in [2.24, 2.45) is 10.2 Å². The summed E-state index contributed by atoms with van der Waals surface area (Å²) in [5.74, 6) is -0.371. The smallest absolute Gasteiger partial charge is 0.295 e. The van der Waals surface area contributed by atoms with E-state index >= 15 is 0 Å². The largest absolute Gasteiger partial charge is 0.493 e. The number of hydrogen-bond donors (Lipinski definition) is 1. The van der Waals surface area contributed by atoms with Crippen molar-refractivity contribution in [2.75, 3.05) is 0 Å². The van der Waals surface area contributed by atoms with Gasteiger partial charge in [-0.25, -0.2) is 0 Å². The molecule has 0 atom stereocenters. The van der Waals surface area contributed by atoms with Gasteiger partial charge in [-0.15, -0.1) is 10.2 Å². The normalized spacial score (nSPS) is 11.4. The number of azo groups is 1. The fourth-order valence-corrected chi connectivity index (χ4v) is 2.85. The number of carbonyl (C=O) groups excluding carboxylic acids is 1. The molecule has 1 heterocycles. The topological polar surface area (TPSA) is 66.9 Å². The van der Waals surface area contributed by atoms with E-state index in [4.69, 9.17) is 0 Å². The number of para-hydroxylation sites is 1. The Morgan fingerprint density at radius 1 is 1.04 bits per heavy atom. The van der Waals surface area contributed by atoms with Crippen LogP contribution in [0.4, 0.5) is 5.69 Å². The van der Waals surface area contributed by atoms with Gasteiger partial charge in [0, 0.05) is 17.5 Å². The third-order valence-electron chi connectivity index (χ3n) is 4.16. The zero-order valence-corrected chi connectivity index (χ0v) is 14.2. The van der Waals surface area contributed by atoms with E-state index in [1.54, 1.807) is 24.3 Å². The van der Waals surface area contributed by atoms with Crippen molar-refractivity contribution in [3.8, 4) is 5.88 Å². The van der Waals surface area contributed by atoms with Gasteiger partial charge in [0.1, 0.15) is 0 Å². The maximum Gasteiger partial charge on any atom is 0.295 e. The molecule has 1 aromatic heterocycles. The van der Waals surface area contributed by atoms with Crippen LogP contribution in [0.15, 0.2) is 64.8 Å². The first kappa shape index (κ1) is 16.9. The number of aromatic nitrogens is 1. The minimum atomic E-state index is -0.428. The first-order valence-corrected chi connectivity index (χ1v) is 8.53. The van der Waals surface area contributed by atoms with Crippen LogP contribution in [0, 0.1) is 0 Å².